The molecule has 1 rings (SSSR count). The van der Waals surface area contributed by atoms with Gasteiger partial charge in [-0.1, -0.05) is 41.1 Å². The first-order chi connectivity index (χ1) is 7.47. The second-order valence-electron chi connectivity index (χ2n) is 3.16. The van der Waals surface area contributed by atoms with Crippen molar-refractivity contribution in [3.63, 3.8) is 0 Å². The van der Waals surface area contributed by atoms with Crippen LogP contribution in [0.4, 0.5) is 0 Å². The van der Waals surface area contributed by atoms with Crippen LogP contribution in [0.15, 0.2) is 35.2 Å². The summed E-state index contributed by atoms with van der Waals surface area (Å²) >= 11 is 3.09. The normalized spacial score (nSPS) is 13.1. The van der Waals surface area contributed by atoms with Crippen LogP contribution in [0.2, 0.25) is 0 Å². The fourth-order valence-electron chi connectivity index (χ4n) is 1.04. The van der Waals surface area contributed by atoms with Gasteiger partial charge in [-0.15, -0.1) is 0 Å². The highest BCUT2D eigenvalue weighted by Gasteiger charge is 2.21. The van der Waals surface area contributed by atoms with Gasteiger partial charge in [0.15, 0.2) is 0 Å². The summed E-state index contributed by atoms with van der Waals surface area (Å²) in [4.78, 5) is 11.0. The Morgan fingerprint density at radius 2 is 1.94 bits per heavy atom. The summed E-state index contributed by atoms with van der Waals surface area (Å²) in [7, 11) is -3.74. The average molecular weight is 306 g/mol. The van der Waals surface area contributed by atoms with E-state index in [-0.39, 0.29) is 4.90 Å². The van der Waals surface area contributed by atoms with E-state index in [0.29, 0.717) is 6.42 Å². The topological polar surface area (TPSA) is 63.2 Å². The van der Waals surface area contributed by atoms with Gasteiger partial charge in [0.25, 0.3) is 10.0 Å². The minimum atomic E-state index is -3.74. The van der Waals surface area contributed by atoms with Crippen molar-refractivity contribution in [3.05, 3.63) is 30.3 Å². The number of benzene rings is 1. The summed E-state index contributed by atoms with van der Waals surface area (Å²) in [5.74, 6) is -0.550. The number of alkyl halides is 1. The predicted octanol–water partition coefficient (Wildman–Crippen LogP) is 1.67. The highest BCUT2D eigenvalue weighted by Crippen LogP contribution is 2.10. The average Bonchev–Trinajstić information content (AvgIpc) is 2.28. The van der Waals surface area contributed by atoms with E-state index in [2.05, 4.69) is 15.9 Å². The number of carbonyl (C=O) groups excluding carboxylic acids is 1. The van der Waals surface area contributed by atoms with Crippen molar-refractivity contribution in [2.24, 2.45) is 0 Å². The summed E-state index contributed by atoms with van der Waals surface area (Å²) in [6.45, 7) is 1.79. The fourth-order valence-corrected chi connectivity index (χ4v) is 2.35. The van der Waals surface area contributed by atoms with E-state index in [9.17, 15) is 13.2 Å². The lowest BCUT2D eigenvalue weighted by molar-refractivity contribution is -0.118. The van der Waals surface area contributed by atoms with E-state index >= 15 is 0 Å². The van der Waals surface area contributed by atoms with Gasteiger partial charge in [-0.25, -0.2) is 13.1 Å². The van der Waals surface area contributed by atoms with Crippen LogP contribution in [-0.4, -0.2) is 19.2 Å². The molecule has 0 fully saturated rings. The third kappa shape index (κ3) is 3.31. The zero-order valence-corrected chi connectivity index (χ0v) is 11.1. The van der Waals surface area contributed by atoms with Gasteiger partial charge in [-0.2, -0.15) is 0 Å². The molecule has 1 aromatic carbocycles. The van der Waals surface area contributed by atoms with Crippen molar-refractivity contribution >= 4 is 31.9 Å². The summed E-state index contributed by atoms with van der Waals surface area (Å²) in [6, 6.07) is 7.78. The first-order valence-electron chi connectivity index (χ1n) is 4.73. The van der Waals surface area contributed by atoms with Crippen molar-refractivity contribution in [3.8, 4) is 0 Å². The minimum absolute atomic E-state index is 0.0825. The zero-order chi connectivity index (χ0) is 12.2. The molecule has 0 heterocycles. The van der Waals surface area contributed by atoms with E-state index in [4.69, 9.17) is 0 Å². The molecule has 0 aliphatic heterocycles. The van der Waals surface area contributed by atoms with E-state index in [1.807, 2.05) is 4.72 Å². The zero-order valence-electron chi connectivity index (χ0n) is 8.68. The van der Waals surface area contributed by atoms with Crippen LogP contribution in [0, 0.1) is 0 Å². The van der Waals surface area contributed by atoms with Crippen LogP contribution in [-0.2, 0) is 14.8 Å². The minimum Gasteiger partial charge on any atom is -0.273 e. The highest BCUT2D eigenvalue weighted by molar-refractivity contribution is 9.10. The standard InChI is InChI=1S/C10H12BrNO3S/c1-2-9(11)10(13)12-16(14,15)8-6-4-3-5-7-8/h3-7,9H,2H2,1H3,(H,12,13)/t9-/m0/s1. The van der Waals surface area contributed by atoms with Gasteiger partial charge in [-0.3, -0.25) is 4.79 Å². The number of sulfonamides is 1. The van der Waals surface area contributed by atoms with Gasteiger partial charge in [0.1, 0.15) is 0 Å². The fraction of sp³-hybridized carbons (Fsp3) is 0.300. The number of amides is 1. The molecule has 0 aliphatic rings. The SMILES string of the molecule is CC[C@H](Br)C(=O)NS(=O)(=O)c1ccccc1. The molecule has 0 saturated carbocycles. The van der Waals surface area contributed by atoms with Crippen molar-refractivity contribution in [2.45, 2.75) is 23.1 Å². The first kappa shape index (κ1) is 13.2. The summed E-state index contributed by atoms with van der Waals surface area (Å²) in [5.41, 5.74) is 0. The van der Waals surface area contributed by atoms with Crippen LogP contribution in [0.5, 0.6) is 0 Å². The van der Waals surface area contributed by atoms with Crippen LogP contribution < -0.4 is 4.72 Å². The Morgan fingerprint density at radius 1 is 1.38 bits per heavy atom. The van der Waals surface area contributed by atoms with Crippen molar-refractivity contribution < 1.29 is 13.2 Å². The molecule has 1 atom stereocenters. The lowest BCUT2D eigenvalue weighted by Gasteiger charge is -2.09. The number of hydrogen-bond acceptors (Lipinski definition) is 3. The van der Waals surface area contributed by atoms with Crippen LogP contribution in [0.3, 0.4) is 0 Å². The number of hydrogen-bond donors (Lipinski definition) is 1. The van der Waals surface area contributed by atoms with Crippen molar-refractivity contribution in [2.75, 3.05) is 0 Å². The number of rotatable bonds is 4. The monoisotopic (exact) mass is 305 g/mol. The van der Waals surface area contributed by atoms with Crippen LogP contribution in [0.1, 0.15) is 13.3 Å². The van der Waals surface area contributed by atoms with Gasteiger partial charge in [0, 0.05) is 0 Å². The van der Waals surface area contributed by atoms with Gasteiger partial charge < -0.3 is 0 Å². The maximum Gasteiger partial charge on any atom is 0.264 e. The van der Waals surface area contributed by atoms with Gasteiger partial charge in [0.05, 0.1) is 9.72 Å². The number of carbonyl (C=O) groups is 1. The summed E-state index contributed by atoms with van der Waals surface area (Å²) < 4.78 is 25.4. The van der Waals surface area contributed by atoms with Gasteiger partial charge in [0.2, 0.25) is 5.91 Å². The number of halogens is 1. The molecule has 0 saturated heterocycles. The Balaban J connectivity index is 2.86. The third-order valence-electron chi connectivity index (χ3n) is 1.93. The Labute approximate surface area is 103 Å². The molecular weight excluding hydrogens is 294 g/mol. The van der Waals surface area contributed by atoms with E-state index < -0.39 is 20.8 Å². The largest absolute Gasteiger partial charge is 0.273 e. The molecule has 0 spiro atoms. The third-order valence-corrected chi connectivity index (χ3v) is 4.36. The quantitative estimate of drug-likeness (QED) is 0.861. The number of nitrogens with one attached hydrogen (secondary N) is 1. The lowest BCUT2D eigenvalue weighted by atomic mass is 10.3. The molecule has 1 aromatic rings. The van der Waals surface area contributed by atoms with Crippen molar-refractivity contribution in [1.82, 2.24) is 4.72 Å². The molecule has 0 aliphatic carbocycles. The Bertz CT molecular complexity index is 458. The molecule has 1 amide bonds. The summed E-state index contributed by atoms with van der Waals surface area (Å²) in [5, 5.41) is 0. The lowest BCUT2D eigenvalue weighted by Crippen LogP contribution is -2.35. The van der Waals surface area contributed by atoms with E-state index in [1.165, 1.54) is 12.1 Å². The predicted molar refractivity (Wildman–Crippen MR) is 64.8 cm³/mol. The van der Waals surface area contributed by atoms with E-state index in [1.54, 1.807) is 25.1 Å². The highest BCUT2D eigenvalue weighted by atomic mass is 79.9. The van der Waals surface area contributed by atoms with Gasteiger partial charge >= 0.3 is 0 Å². The molecule has 6 heteroatoms. The molecular formula is C10H12BrNO3S. The van der Waals surface area contributed by atoms with Crippen LogP contribution in [0.25, 0.3) is 0 Å². The molecule has 4 nitrogen and oxygen atoms in total. The molecule has 0 bridgehead atoms. The molecule has 0 unspecified atom stereocenters. The molecule has 88 valence electrons. The summed E-state index contributed by atoms with van der Waals surface area (Å²) in [6.07, 6.45) is 0.524. The second kappa shape index (κ2) is 5.45. The molecule has 1 N–H and O–H groups in total. The van der Waals surface area contributed by atoms with Crippen molar-refractivity contribution in [1.29, 1.82) is 0 Å². The second-order valence-corrected chi connectivity index (χ2v) is 5.95. The maximum absolute atomic E-state index is 11.7. The smallest absolute Gasteiger partial charge is 0.264 e. The van der Waals surface area contributed by atoms with Gasteiger partial charge in [-0.05, 0) is 18.6 Å². The van der Waals surface area contributed by atoms with Crippen LogP contribution >= 0.6 is 15.9 Å². The molecule has 0 radical (unpaired) electrons. The Kier molecular flexibility index (Phi) is 4.49. The Morgan fingerprint density at radius 3 is 2.44 bits per heavy atom. The molecule has 0 aromatic heterocycles. The first-order valence-corrected chi connectivity index (χ1v) is 7.13. The Hall–Kier alpha value is -0.880. The molecule has 16 heavy (non-hydrogen) atoms. The maximum atomic E-state index is 11.7. The van der Waals surface area contributed by atoms with E-state index in [0.717, 1.165) is 0 Å².